The second kappa shape index (κ2) is 11.9. The van der Waals surface area contributed by atoms with Gasteiger partial charge in [0.15, 0.2) is 0 Å². The molecule has 1 amide bonds. The number of benzene rings is 2. The molecule has 2 aromatic carbocycles. The first-order valence-corrected chi connectivity index (χ1v) is 11.3. The number of nitrogens with one attached hydrogen (secondary N) is 1. The molecule has 4 heteroatoms. The zero-order chi connectivity index (χ0) is 21.9. The van der Waals surface area contributed by atoms with Gasteiger partial charge in [0, 0.05) is 24.7 Å². The molecule has 31 heavy (non-hydrogen) atoms. The number of fused-ring (bicyclic) bond motifs is 1. The summed E-state index contributed by atoms with van der Waals surface area (Å²) in [5.41, 5.74) is 3.24. The molecule has 0 aliphatic heterocycles. The molecule has 0 aliphatic carbocycles. The van der Waals surface area contributed by atoms with Crippen LogP contribution in [0.3, 0.4) is 0 Å². The van der Waals surface area contributed by atoms with Gasteiger partial charge in [0.1, 0.15) is 0 Å². The summed E-state index contributed by atoms with van der Waals surface area (Å²) < 4.78 is 0. The zero-order valence-corrected chi connectivity index (χ0v) is 18.7. The Morgan fingerprint density at radius 3 is 2.58 bits per heavy atom. The Kier molecular flexibility index (Phi) is 8.65. The number of allylic oxidation sites excluding steroid dienone is 2. The number of carbonyl (C=O) groups is 1. The van der Waals surface area contributed by atoms with E-state index in [2.05, 4.69) is 41.3 Å². The van der Waals surface area contributed by atoms with Crippen LogP contribution in [0.2, 0.25) is 0 Å². The molecule has 162 valence electrons. The molecule has 3 aromatic rings. The standard InChI is InChI=1S/C27H33N3O/c1-3-4-5-6-7-8-9-14-19-30(2)26-18-13-11-16-24(26)27(31)29-23-20-22-15-10-12-17-25(22)28-21-23/h7-8,10-13,15-18,20-21H,3-6,9,14,19H2,1-2H3,(H,29,31). The van der Waals surface area contributed by atoms with Gasteiger partial charge in [-0.1, -0.05) is 62.2 Å². The number of hydrogen-bond donors (Lipinski definition) is 1. The molecule has 0 unspecified atom stereocenters. The van der Waals surface area contributed by atoms with Crippen LogP contribution in [0.1, 0.15) is 55.8 Å². The maximum absolute atomic E-state index is 13.0. The number of aromatic nitrogens is 1. The van der Waals surface area contributed by atoms with Gasteiger partial charge in [0.05, 0.1) is 23.0 Å². The third-order valence-electron chi connectivity index (χ3n) is 5.41. The Hall–Kier alpha value is -3.14. The quantitative estimate of drug-likeness (QED) is 0.275. The Labute approximate surface area is 186 Å². The minimum atomic E-state index is -0.115. The number of rotatable bonds is 11. The van der Waals surface area contributed by atoms with E-state index in [1.807, 2.05) is 54.6 Å². The second-order valence-corrected chi connectivity index (χ2v) is 7.92. The Bertz CT molecular complexity index is 1010. The maximum atomic E-state index is 13.0. The highest BCUT2D eigenvalue weighted by Gasteiger charge is 2.14. The summed E-state index contributed by atoms with van der Waals surface area (Å²) in [6, 6.07) is 17.6. The molecule has 3 rings (SSSR count). The molecule has 0 radical (unpaired) electrons. The number of unbranched alkanes of at least 4 members (excludes halogenated alkanes) is 4. The molecule has 1 heterocycles. The average molecular weight is 416 g/mol. The van der Waals surface area contributed by atoms with E-state index in [1.165, 1.54) is 25.7 Å². The molecule has 0 bridgehead atoms. The van der Waals surface area contributed by atoms with Crippen LogP contribution in [-0.4, -0.2) is 24.5 Å². The molecule has 0 aliphatic rings. The number of pyridine rings is 1. The summed E-state index contributed by atoms with van der Waals surface area (Å²) in [7, 11) is 2.05. The summed E-state index contributed by atoms with van der Waals surface area (Å²) in [6.45, 7) is 3.14. The van der Waals surface area contributed by atoms with E-state index in [-0.39, 0.29) is 5.91 Å². The summed E-state index contributed by atoms with van der Waals surface area (Å²) in [4.78, 5) is 19.6. The molecule has 0 spiro atoms. The molecule has 1 N–H and O–H groups in total. The first kappa shape index (κ1) is 22.5. The van der Waals surface area contributed by atoms with Crippen LogP contribution in [0.15, 0.2) is 72.9 Å². The number of amides is 1. The van der Waals surface area contributed by atoms with Crippen molar-refractivity contribution in [2.75, 3.05) is 23.8 Å². The fourth-order valence-electron chi connectivity index (χ4n) is 3.65. The second-order valence-electron chi connectivity index (χ2n) is 7.92. The Morgan fingerprint density at radius 2 is 1.74 bits per heavy atom. The van der Waals surface area contributed by atoms with Gasteiger partial charge in [-0.25, -0.2) is 0 Å². The van der Waals surface area contributed by atoms with E-state index in [1.54, 1.807) is 6.20 Å². The van der Waals surface area contributed by atoms with Crippen LogP contribution < -0.4 is 10.2 Å². The molecule has 4 nitrogen and oxygen atoms in total. The van der Waals surface area contributed by atoms with Crippen molar-refractivity contribution >= 4 is 28.2 Å². The topological polar surface area (TPSA) is 45.2 Å². The van der Waals surface area contributed by atoms with Crippen LogP contribution in [0.4, 0.5) is 11.4 Å². The first-order chi connectivity index (χ1) is 15.2. The van der Waals surface area contributed by atoms with Crippen LogP contribution in [0.25, 0.3) is 10.9 Å². The van der Waals surface area contributed by atoms with Crippen molar-refractivity contribution in [2.45, 2.75) is 45.4 Å². The molecular formula is C27H33N3O. The number of carbonyl (C=O) groups excluding carboxylic acids is 1. The van der Waals surface area contributed by atoms with Gasteiger partial charge in [0.2, 0.25) is 0 Å². The molecule has 0 saturated carbocycles. The predicted molar refractivity (Wildman–Crippen MR) is 132 cm³/mol. The van der Waals surface area contributed by atoms with E-state index < -0.39 is 0 Å². The highest BCUT2D eigenvalue weighted by atomic mass is 16.1. The fourth-order valence-corrected chi connectivity index (χ4v) is 3.65. The van der Waals surface area contributed by atoms with Crippen molar-refractivity contribution in [3.05, 3.63) is 78.5 Å². The number of hydrogen-bond acceptors (Lipinski definition) is 3. The highest BCUT2D eigenvalue weighted by Crippen LogP contribution is 2.22. The minimum Gasteiger partial charge on any atom is -0.374 e. The van der Waals surface area contributed by atoms with E-state index in [0.717, 1.165) is 36.0 Å². The predicted octanol–water partition coefficient (Wildman–Crippen LogP) is 6.84. The Morgan fingerprint density at radius 1 is 1.00 bits per heavy atom. The van der Waals surface area contributed by atoms with Gasteiger partial charge in [-0.05, 0) is 49.9 Å². The lowest BCUT2D eigenvalue weighted by Crippen LogP contribution is -2.23. The van der Waals surface area contributed by atoms with E-state index >= 15 is 0 Å². The SMILES string of the molecule is CCCCCC=CCCCN(C)c1ccccc1C(=O)Nc1cnc2ccccc2c1. The van der Waals surface area contributed by atoms with Gasteiger partial charge < -0.3 is 10.2 Å². The van der Waals surface area contributed by atoms with E-state index in [9.17, 15) is 4.79 Å². The molecule has 0 fully saturated rings. The third-order valence-corrected chi connectivity index (χ3v) is 5.41. The summed E-state index contributed by atoms with van der Waals surface area (Å²) in [5, 5.41) is 4.01. The van der Waals surface area contributed by atoms with Crippen molar-refractivity contribution < 1.29 is 4.79 Å². The zero-order valence-electron chi connectivity index (χ0n) is 18.7. The molecule has 0 saturated heterocycles. The monoisotopic (exact) mass is 415 g/mol. The van der Waals surface area contributed by atoms with Crippen LogP contribution in [-0.2, 0) is 0 Å². The molecule has 0 atom stereocenters. The lowest BCUT2D eigenvalue weighted by Gasteiger charge is -2.22. The van der Waals surface area contributed by atoms with Crippen molar-refractivity contribution in [1.29, 1.82) is 0 Å². The molecular weight excluding hydrogens is 382 g/mol. The number of nitrogens with zero attached hydrogens (tertiary/aromatic N) is 2. The van der Waals surface area contributed by atoms with Crippen molar-refractivity contribution in [3.8, 4) is 0 Å². The normalized spacial score (nSPS) is 11.2. The van der Waals surface area contributed by atoms with Gasteiger partial charge in [0.25, 0.3) is 5.91 Å². The maximum Gasteiger partial charge on any atom is 0.257 e. The molecule has 1 aromatic heterocycles. The van der Waals surface area contributed by atoms with Gasteiger partial charge in [-0.15, -0.1) is 0 Å². The highest BCUT2D eigenvalue weighted by molar-refractivity contribution is 6.08. The minimum absolute atomic E-state index is 0.115. The van der Waals surface area contributed by atoms with Gasteiger partial charge >= 0.3 is 0 Å². The van der Waals surface area contributed by atoms with E-state index in [4.69, 9.17) is 0 Å². The van der Waals surface area contributed by atoms with Gasteiger partial charge in [-0.2, -0.15) is 0 Å². The van der Waals surface area contributed by atoms with Crippen LogP contribution >= 0.6 is 0 Å². The van der Waals surface area contributed by atoms with Crippen LogP contribution in [0, 0.1) is 0 Å². The largest absolute Gasteiger partial charge is 0.374 e. The Balaban J connectivity index is 1.58. The van der Waals surface area contributed by atoms with Crippen molar-refractivity contribution in [3.63, 3.8) is 0 Å². The van der Waals surface area contributed by atoms with Crippen molar-refractivity contribution in [1.82, 2.24) is 4.98 Å². The summed E-state index contributed by atoms with van der Waals surface area (Å²) >= 11 is 0. The third kappa shape index (κ3) is 6.68. The fraction of sp³-hybridized carbons (Fsp3) is 0.333. The summed E-state index contributed by atoms with van der Waals surface area (Å²) in [6.07, 6.45) is 13.4. The smallest absolute Gasteiger partial charge is 0.257 e. The van der Waals surface area contributed by atoms with Crippen molar-refractivity contribution in [2.24, 2.45) is 0 Å². The van der Waals surface area contributed by atoms with Gasteiger partial charge in [-0.3, -0.25) is 9.78 Å². The number of anilines is 2. The average Bonchev–Trinajstić information content (AvgIpc) is 2.80. The lowest BCUT2D eigenvalue weighted by atomic mass is 10.1. The summed E-state index contributed by atoms with van der Waals surface area (Å²) in [5.74, 6) is -0.115. The first-order valence-electron chi connectivity index (χ1n) is 11.3. The lowest BCUT2D eigenvalue weighted by molar-refractivity contribution is 0.102. The number of para-hydroxylation sites is 2. The van der Waals surface area contributed by atoms with Crippen LogP contribution in [0.5, 0.6) is 0 Å². The van der Waals surface area contributed by atoms with E-state index in [0.29, 0.717) is 11.3 Å².